The fraction of sp³-hybridized carbons (Fsp3) is 0.208. The first-order valence-corrected chi connectivity index (χ1v) is 10.2. The monoisotopic (exact) mass is 436 g/mol. The van der Waals surface area contributed by atoms with Gasteiger partial charge in [-0.2, -0.15) is 0 Å². The van der Waals surface area contributed by atoms with Crippen molar-refractivity contribution in [2.24, 2.45) is 0 Å². The van der Waals surface area contributed by atoms with Crippen molar-refractivity contribution in [3.63, 3.8) is 0 Å². The summed E-state index contributed by atoms with van der Waals surface area (Å²) in [6.45, 7) is -0.000911. The third kappa shape index (κ3) is 6.36. The van der Waals surface area contributed by atoms with Gasteiger partial charge >= 0.3 is 0 Å². The maximum atomic E-state index is 14.4. The molecule has 32 heavy (non-hydrogen) atoms. The second-order valence-corrected chi connectivity index (χ2v) is 7.33. The molecule has 0 saturated heterocycles. The number of hydrogen-bond donors (Lipinski definition) is 4. The van der Waals surface area contributed by atoms with E-state index in [1.165, 1.54) is 24.4 Å². The predicted octanol–water partition coefficient (Wildman–Crippen LogP) is 1.92. The van der Waals surface area contributed by atoms with Crippen LogP contribution in [0.4, 0.5) is 10.2 Å². The lowest BCUT2D eigenvalue weighted by Gasteiger charge is -2.20. The van der Waals surface area contributed by atoms with Gasteiger partial charge in [0, 0.05) is 31.3 Å². The standard InChI is InChI=1S/C24H25FN4O3/c25-20-9-5-4-8-18(20)19(23(31)28-14-17-10-11-22(26)27-13-17)15-29-24(32)21(30)12-16-6-2-1-3-7-16/h1-11,13,19,21,30H,12,14-15H2,(H2,26,27)(H,28,31)(H,29,32)/t19-,21+/m0/s1. The number of carbonyl (C=O) groups is 2. The van der Waals surface area contributed by atoms with Crippen molar-refractivity contribution in [2.75, 3.05) is 12.3 Å². The molecule has 3 rings (SSSR count). The van der Waals surface area contributed by atoms with Crippen LogP contribution in [0.1, 0.15) is 22.6 Å². The average molecular weight is 436 g/mol. The van der Waals surface area contributed by atoms with Crippen molar-refractivity contribution >= 4 is 17.6 Å². The van der Waals surface area contributed by atoms with Crippen molar-refractivity contribution in [1.82, 2.24) is 15.6 Å². The molecule has 0 fully saturated rings. The number of carbonyl (C=O) groups excluding carboxylic acids is 2. The number of hydrogen-bond acceptors (Lipinski definition) is 5. The fourth-order valence-electron chi connectivity index (χ4n) is 3.20. The van der Waals surface area contributed by atoms with E-state index >= 15 is 0 Å². The average Bonchev–Trinajstić information content (AvgIpc) is 2.80. The van der Waals surface area contributed by atoms with E-state index in [0.29, 0.717) is 5.82 Å². The summed E-state index contributed by atoms with van der Waals surface area (Å²) >= 11 is 0. The van der Waals surface area contributed by atoms with Gasteiger partial charge in [-0.15, -0.1) is 0 Å². The van der Waals surface area contributed by atoms with Crippen LogP contribution in [0.5, 0.6) is 0 Å². The summed E-state index contributed by atoms with van der Waals surface area (Å²) in [7, 11) is 0. The van der Waals surface area contributed by atoms with Gasteiger partial charge < -0.3 is 21.5 Å². The molecular weight excluding hydrogens is 411 g/mol. The lowest BCUT2D eigenvalue weighted by molar-refractivity contribution is -0.129. The number of nitrogens with two attached hydrogens (primary N) is 1. The van der Waals surface area contributed by atoms with Crippen LogP contribution in [0.3, 0.4) is 0 Å². The van der Waals surface area contributed by atoms with E-state index in [-0.39, 0.29) is 25.1 Å². The second-order valence-electron chi connectivity index (χ2n) is 7.33. The zero-order chi connectivity index (χ0) is 22.9. The molecule has 3 aromatic rings. The molecule has 0 aliphatic heterocycles. The minimum absolute atomic E-state index is 0.132. The van der Waals surface area contributed by atoms with E-state index < -0.39 is 29.7 Å². The highest BCUT2D eigenvalue weighted by molar-refractivity contribution is 5.86. The second kappa shape index (κ2) is 11.0. The molecular formula is C24H25FN4O3. The molecule has 0 unspecified atom stereocenters. The number of anilines is 1. The van der Waals surface area contributed by atoms with Gasteiger partial charge in [-0.25, -0.2) is 9.37 Å². The summed E-state index contributed by atoms with van der Waals surface area (Å²) in [5, 5.41) is 15.5. The summed E-state index contributed by atoms with van der Waals surface area (Å²) in [4.78, 5) is 29.2. The molecule has 0 aliphatic carbocycles. The van der Waals surface area contributed by atoms with Gasteiger partial charge in [-0.1, -0.05) is 54.6 Å². The summed E-state index contributed by atoms with van der Waals surface area (Å²) in [5.74, 6) is -2.27. The first kappa shape index (κ1) is 22.9. The number of rotatable bonds is 9. The van der Waals surface area contributed by atoms with Gasteiger partial charge in [-0.05, 0) is 23.3 Å². The predicted molar refractivity (Wildman–Crippen MR) is 119 cm³/mol. The molecule has 7 nitrogen and oxygen atoms in total. The Bertz CT molecular complexity index is 1040. The summed E-state index contributed by atoms with van der Waals surface area (Å²) in [6, 6.07) is 18.3. The van der Waals surface area contributed by atoms with Crippen LogP contribution < -0.4 is 16.4 Å². The Labute approximate surface area is 185 Å². The molecule has 0 saturated carbocycles. The number of amides is 2. The van der Waals surface area contributed by atoms with Crippen LogP contribution in [-0.2, 0) is 22.6 Å². The smallest absolute Gasteiger partial charge is 0.249 e. The number of aliphatic hydroxyl groups excluding tert-OH is 1. The summed E-state index contributed by atoms with van der Waals surface area (Å²) < 4.78 is 14.4. The molecule has 0 spiro atoms. The molecule has 0 aliphatic rings. The molecule has 166 valence electrons. The van der Waals surface area contributed by atoms with Crippen molar-refractivity contribution < 1.29 is 19.1 Å². The van der Waals surface area contributed by atoms with Gasteiger partial charge in [-0.3, -0.25) is 9.59 Å². The summed E-state index contributed by atoms with van der Waals surface area (Å²) in [6.07, 6.45) is 0.380. The van der Waals surface area contributed by atoms with Crippen molar-refractivity contribution in [3.05, 3.63) is 95.4 Å². The number of pyridine rings is 1. The minimum atomic E-state index is -1.29. The van der Waals surface area contributed by atoms with Gasteiger partial charge in [0.05, 0.1) is 5.92 Å². The van der Waals surface area contributed by atoms with E-state index in [2.05, 4.69) is 15.6 Å². The van der Waals surface area contributed by atoms with Crippen LogP contribution in [0.15, 0.2) is 72.9 Å². The first-order chi connectivity index (χ1) is 15.4. The number of nitrogens with zero attached hydrogens (tertiary/aromatic N) is 1. The zero-order valence-corrected chi connectivity index (χ0v) is 17.4. The fourth-order valence-corrected chi connectivity index (χ4v) is 3.20. The Morgan fingerprint density at radius 3 is 2.34 bits per heavy atom. The van der Waals surface area contributed by atoms with E-state index in [9.17, 15) is 19.1 Å². The molecule has 1 aromatic heterocycles. The van der Waals surface area contributed by atoms with Crippen molar-refractivity contribution in [3.8, 4) is 0 Å². The lowest BCUT2D eigenvalue weighted by Crippen LogP contribution is -2.42. The number of halogens is 1. The molecule has 2 aromatic carbocycles. The number of nitrogen functional groups attached to an aromatic ring is 1. The zero-order valence-electron chi connectivity index (χ0n) is 17.4. The Morgan fingerprint density at radius 2 is 1.66 bits per heavy atom. The molecule has 0 bridgehead atoms. The third-order valence-corrected chi connectivity index (χ3v) is 4.97. The topological polar surface area (TPSA) is 117 Å². The van der Waals surface area contributed by atoms with Gasteiger partial charge in [0.1, 0.15) is 17.7 Å². The molecule has 0 radical (unpaired) electrons. The molecule has 2 atom stereocenters. The Morgan fingerprint density at radius 1 is 0.938 bits per heavy atom. The van der Waals surface area contributed by atoms with Crippen LogP contribution >= 0.6 is 0 Å². The van der Waals surface area contributed by atoms with Crippen LogP contribution in [-0.4, -0.2) is 34.6 Å². The lowest BCUT2D eigenvalue weighted by atomic mass is 9.97. The highest BCUT2D eigenvalue weighted by Gasteiger charge is 2.25. The number of aromatic nitrogens is 1. The van der Waals surface area contributed by atoms with Crippen LogP contribution in [0.25, 0.3) is 0 Å². The molecule has 1 heterocycles. The van der Waals surface area contributed by atoms with Crippen molar-refractivity contribution in [1.29, 1.82) is 0 Å². The van der Waals surface area contributed by atoms with E-state index in [1.807, 2.05) is 18.2 Å². The maximum absolute atomic E-state index is 14.4. The highest BCUT2D eigenvalue weighted by Crippen LogP contribution is 2.19. The van der Waals surface area contributed by atoms with Gasteiger partial charge in [0.25, 0.3) is 0 Å². The van der Waals surface area contributed by atoms with E-state index in [1.54, 1.807) is 30.3 Å². The SMILES string of the molecule is Nc1ccc(CNC(=O)[C@@H](CNC(=O)[C@H](O)Cc2ccccc2)c2ccccc2F)cn1. The normalized spacial score (nSPS) is 12.6. The Balaban J connectivity index is 1.66. The Hall–Kier alpha value is -3.78. The van der Waals surface area contributed by atoms with Crippen LogP contribution in [0, 0.1) is 5.82 Å². The highest BCUT2D eigenvalue weighted by atomic mass is 19.1. The quantitative estimate of drug-likeness (QED) is 0.409. The first-order valence-electron chi connectivity index (χ1n) is 10.2. The maximum Gasteiger partial charge on any atom is 0.249 e. The van der Waals surface area contributed by atoms with E-state index in [4.69, 9.17) is 5.73 Å². The van der Waals surface area contributed by atoms with Gasteiger partial charge in [0.2, 0.25) is 11.8 Å². The Kier molecular flexibility index (Phi) is 7.88. The van der Waals surface area contributed by atoms with Gasteiger partial charge in [0.15, 0.2) is 0 Å². The molecule has 2 amide bonds. The van der Waals surface area contributed by atoms with Crippen LogP contribution in [0.2, 0.25) is 0 Å². The molecule has 8 heteroatoms. The van der Waals surface area contributed by atoms with E-state index in [0.717, 1.165) is 11.1 Å². The minimum Gasteiger partial charge on any atom is -0.384 e. The number of nitrogens with one attached hydrogen (secondary N) is 2. The van der Waals surface area contributed by atoms with Crippen molar-refractivity contribution in [2.45, 2.75) is 25.0 Å². The number of benzene rings is 2. The number of aliphatic hydroxyl groups is 1. The largest absolute Gasteiger partial charge is 0.384 e. The molecule has 5 N–H and O–H groups in total. The summed E-state index contributed by atoms with van der Waals surface area (Å²) in [5.41, 5.74) is 7.24. The third-order valence-electron chi connectivity index (χ3n) is 4.97.